The highest BCUT2D eigenvalue weighted by Gasteiger charge is 2.55. The van der Waals surface area contributed by atoms with Crippen molar-refractivity contribution in [1.82, 2.24) is 0 Å². The highest BCUT2D eigenvalue weighted by Crippen LogP contribution is 2.40. The van der Waals surface area contributed by atoms with Gasteiger partial charge in [-0.05, 0) is 30.1 Å². The van der Waals surface area contributed by atoms with E-state index in [1.807, 2.05) is 31.2 Å². The minimum absolute atomic E-state index is 0.312. The van der Waals surface area contributed by atoms with E-state index in [2.05, 4.69) is 20.1 Å². The predicted molar refractivity (Wildman–Crippen MR) is 149 cm³/mol. The normalized spacial score (nSPS) is 29.3. The first-order chi connectivity index (χ1) is 20.9. The summed E-state index contributed by atoms with van der Waals surface area (Å²) in [6, 6.07) is 6.03. The van der Waals surface area contributed by atoms with Crippen molar-refractivity contribution in [2.45, 2.75) is 93.9 Å². The first kappa shape index (κ1) is 34.4. The number of hydrogen-bond donors (Lipinski definition) is 0. The second-order valence-electron chi connectivity index (χ2n) is 9.75. The maximum atomic E-state index is 12.2. The van der Waals surface area contributed by atoms with Crippen LogP contribution in [0.2, 0.25) is 0 Å². The molecule has 2 aliphatic heterocycles. The first-order valence-corrected chi connectivity index (χ1v) is 14.2. The number of benzene rings is 1. The molecule has 2 fully saturated rings. The molecule has 0 amide bonds. The fourth-order valence-electron chi connectivity index (χ4n) is 4.62. The number of nitrogens with zero attached hydrogens (tertiary/aromatic N) is 6. The molecule has 238 valence electrons. The summed E-state index contributed by atoms with van der Waals surface area (Å²) in [7, 11) is 0. The van der Waals surface area contributed by atoms with Gasteiger partial charge >= 0.3 is 23.9 Å². The number of esters is 4. The van der Waals surface area contributed by atoms with Gasteiger partial charge in [0.05, 0.1) is 6.54 Å². The largest absolute Gasteiger partial charge is 0.463 e. The second-order valence-corrected chi connectivity index (χ2v) is 10.9. The Labute approximate surface area is 256 Å². The van der Waals surface area contributed by atoms with Gasteiger partial charge in [-0.15, -0.1) is 0 Å². The van der Waals surface area contributed by atoms with Gasteiger partial charge in [-0.1, -0.05) is 39.7 Å². The van der Waals surface area contributed by atoms with Gasteiger partial charge in [0, 0.05) is 42.4 Å². The van der Waals surface area contributed by atoms with Crippen LogP contribution in [0.15, 0.2) is 39.4 Å². The molecule has 0 unspecified atom stereocenters. The van der Waals surface area contributed by atoms with Crippen molar-refractivity contribution in [3.63, 3.8) is 0 Å². The van der Waals surface area contributed by atoms with Crippen molar-refractivity contribution in [3.8, 4) is 0 Å². The van der Waals surface area contributed by atoms with Crippen LogP contribution >= 0.6 is 11.8 Å². The number of rotatable bonds is 12. The van der Waals surface area contributed by atoms with Crippen molar-refractivity contribution >= 4 is 35.6 Å². The van der Waals surface area contributed by atoms with E-state index in [0.717, 1.165) is 24.3 Å². The van der Waals surface area contributed by atoms with E-state index < -0.39 is 84.8 Å². The summed E-state index contributed by atoms with van der Waals surface area (Å²) < 4.78 is 40.0. The topological polar surface area (TPSA) is 230 Å². The fourth-order valence-corrected chi connectivity index (χ4v) is 5.72. The third-order valence-corrected chi connectivity index (χ3v) is 7.47. The number of azide groups is 2. The molecule has 0 radical (unpaired) electrons. The average Bonchev–Trinajstić information content (AvgIpc) is 3.25. The van der Waals surface area contributed by atoms with Crippen molar-refractivity contribution in [2.24, 2.45) is 10.2 Å². The van der Waals surface area contributed by atoms with E-state index in [9.17, 15) is 24.7 Å². The number of aryl methyl sites for hydroxylation is 1. The number of carbonyl (C=O) groups is 4. The molecule has 2 heterocycles. The lowest BCUT2D eigenvalue weighted by Crippen LogP contribution is -2.62. The number of ether oxygens (including phenoxy) is 7. The molecule has 0 aliphatic carbocycles. The van der Waals surface area contributed by atoms with E-state index in [1.54, 1.807) is 0 Å². The zero-order valence-corrected chi connectivity index (χ0v) is 25.3. The summed E-state index contributed by atoms with van der Waals surface area (Å²) >= 11 is 1.23. The minimum Gasteiger partial charge on any atom is -0.463 e. The lowest BCUT2D eigenvalue weighted by atomic mass is 9.96. The summed E-state index contributed by atoms with van der Waals surface area (Å²) in [4.78, 5) is 54.3. The molecule has 9 atom stereocenters. The zero-order chi connectivity index (χ0) is 32.4. The minimum atomic E-state index is -1.55. The van der Waals surface area contributed by atoms with E-state index in [4.69, 9.17) is 38.7 Å². The molecule has 1 aromatic rings. The number of carbonyl (C=O) groups excluding carboxylic acids is 4. The van der Waals surface area contributed by atoms with E-state index in [0.29, 0.717) is 0 Å². The highest BCUT2D eigenvalue weighted by molar-refractivity contribution is 7.99. The summed E-state index contributed by atoms with van der Waals surface area (Å²) in [6.45, 7) is 5.81. The van der Waals surface area contributed by atoms with Crippen molar-refractivity contribution in [3.05, 3.63) is 50.7 Å². The second kappa shape index (κ2) is 16.1. The van der Waals surface area contributed by atoms with E-state index in [-0.39, 0.29) is 6.61 Å². The molecular formula is C26H32N6O11S. The lowest BCUT2D eigenvalue weighted by Gasteiger charge is -2.44. The maximum absolute atomic E-state index is 12.2. The Bertz CT molecular complexity index is 1300. The zero-order valence-electron chi connectivity index (χ0n) is 24.5. The van der Waals surface area contributed by atoms with Crippen LogP contribution < -0.4 is 0 Å². The summed E-state index contributed by atoms with van der Waals surface area (Å²) in [5.41, 5.74) is 18.5. The van der Waals surface area contributed by atoms with Gasteiger partial charge in [0.1, 0.15) is 36.4 Å². The average molecular weight is 637 g/mol. The summed E-state index contributed by atoms with van der Waals surface area (Å²) in [6.07, 6.45) is -8.89. The fraction of sp³-hybridized carbons (Fsp3) is 0.615. The molecule has 18 heteroatoms. The van der Waals surface area contributed by atoms with Crippen LogP contribution in [0.5, 0.6) is 0 Å². The van der Waals surface area contributed by atoms with Gasteiger partial charge in [0.15, 0.2) is 24.6 Å². The Kier molecular flexibility index (Phi) is 12.6. The standard InChI is InChI=1S/C26H32N6O11S/c1-12-6-8-17(9-7-12)44-26-24(40-16(5)36)22(19(42-26)11-37-13(2)33)43-25-20(30-32-28)23(39-15(4)35)21(38-14(3)34)18(41-25)10-29-31-27/h6-9,18-26H,10-11H2,1-5H3/t18-,19+,20+,21+,22+,23+,24+,25+,26+/m0/s1. The van der Waals surface area contributed by atoms with E-state index in [1.165, 1.54) is 25.6 Å². The Morgan fingerprint density at radius 2 is 1.43 bits per heavy atom. The molecule has 2 aliphatic rings. The third kappa shape index (κ3) is 9.47. The molecule has 0 N–H and O–H groups in total. The summed E-state index contributed by atoms with van der Waals surface area (Å²) in [5, 5.41) is 7.21. The Morgan fingerprint density at radius 3 is 2.00 bits per heavy atom. The smallest absolute Gasteiger partial charge is 0.303 e. The first-order valence-electron chi connectivity index (χ1n) is 13.3. The van der Waals surface area contributed by atoms with E-state index >= 15 is 0 Å². The van der Waals surface area contributed by atoms with Crippen LogP contribution in [-0.2, 0) is 52.3 Å². The van der Waals surface area contributed by atoms with Crippen molar-refractivity contribution in [2.75, 3.05) is 13.2 Å². The molecule has 17 nitrogen and oxygen atoms in total. The number of hydrogen-bond acceptors (Lipinski definition) is 14. The van der Waals surface area contributed by atoms with Crippen molar-refractivity contribution in [1.29, 1.82) is 0 Å². The van der Waals surface area contributed by atoms with Gasteiger partial charge in [-0.25, -0.2) is 0 Å². The van der Waals surface area contributed by atoms with Crippen LogP contribution in [0.3, 0.4) is 0 Å². The predicted octanol–water partition coefficient (Wildman–Crippen LogP) is 3.27. The number of thioether (sulfide) groups is 1. The molecule has 0 aromatic heterocycles. The molecule has 1 aromatic carbocycles. The van der Waals surface area contributed by atoms with Crippen LogP contribution in [-0.4, -0.2) is 91.4 Å². The van der Waals surface area contributed by atoms with Gasteiger partial charge < -0.3 is 33.2 Å². The molecule has 0 bridgehead atoms. The van der Waals surface area contributed by atoms with Crippen molar-refractivity contribution < 1.29 is 52.3 Å². The molecular weight excluding hydrogens is 604 g/mol. The summed E-state index contributed by atoms with van der Waals surface area (Å²) in [5.74, 6) is -2.87. The van der Waals surface area contributed by atoms with Gasteiger partial charge in [0.25, 0.3) is 0 Å². The molecule has 0 spiro atoms. The monoisotopic (exact) mass is 636 g/mol. The maximum Gasteiger partial charge on any atom is 0.303 e. The SMILES string of the molecule is CC(=O)OC[C@H]1O[C@H](Sc2ccc(C)cc2)[C@H](OC(C)=O)[C@@H]1O[C@H]1O[C@@H](CN=[N+]=[N-])[C@@H](OC(C)=O)[C@H](OC(C)=O)[C@H]1N=[N+]=[N-]. The Morgan fingerprint density at radius 1 is 0.818 bits per heavy atom. The Hall–Kier alpha value is -4.05. The van der Waals surface area contributed by atoms with Gasteiger partial charge in [0.2, 0.25) is 0 Å². The highest BCUT2D eigenvalue weighted by atomic mass is 32.2. The third-order valence-electron chi connectivity index (χ3n) is 6.31. The quantitative estimate of drug-likeness (QED) is 0.106. The van der Waals surface area contributed by atoms with Crippen LogP contribution in [0.4, 0.5) is 0 Å². The Balaban J connectivity index is 2.04. The van der Waals surface area contributed by atoms with Gasteiger partial charge in [-0.2, -0.15) is 0 Å². The van der Waals surface area contributed by atoms with Crippen LogP contribution in [0, 0.1) is 6.92 Å². The molecule has 2 saturated heterocycles. The molecule has 44 heavy (non-hydrogen) atoms. The van der Waals surface area contributed by atoms with Crippen LogP contribution in [0.25, 0.3) is 20.9 Å². The lowest BCUT2D eigenvalue weighted by molar-refractivity contribution is -0.285. The van der Waals surface area contributed by atoms with Gasteiger partial charge in [-0.3, -0.25) is 19.2 Å². The molecule has 0 saturated carbocycles. The molecule has 3 rings (SSSR count). The van der Waals surface area contributed by atoms with Crippen LogP contribution in [0.1, 0.15) is 33.3 Å².